The van der Waals surface area contributed by atoms with Crippen molar-refractivity contribution in [3.63, 3.8) is 0 Å². The van der Waals surface area contributed by atoms with Crippen molar-refractivity contribution in [3.05, 3.63) is 58.3 Å². The van der Waals surface area contributed by atoms with Crippen molar-refractivity contribution in [2.75, 3.05) is 0 Å². The molecule has 3 nitrogen and oxygen atoms in total. The number of benzene rings is 2. The van der Waals surface area contributed by atoms with Gasteiger partial charge >= 0.3 is 5.97 Å². The van der Waals surface area contributed by atoms with Gasteiger partial charge in [-0.05, 0) is 48.6 Å². The molecule has 3 aromatic rings. The monoisotopic (exact) mass is 312 g/mol. The van der Waals surface area contributed by atoms with Crippen LogP contribution in [0.3, 0.4) is 0 Å². The van der Waals surface area contributed by atoms with Crippen molar-refractivity contribution >= 4 is 28.5 Å². The van der Waals surface area contributed by atoms with Crippen LogP contribution in [0.5, 0.6) is 0 Å². The molecule has 0 saturated heterocycles. The number of aromatic carboxylic acids is 1. The molecule has 1 N–H and O–H groups in total. The average Bonchev–Trinajstić information content (AvgIpc) is 3.09. The van der Waals surface area contributed by atoms with E-state index in [2.05, 4.69) is 6.07 Å². The predicted octanol–water partition coefficient (Wildman–Crippen LogP) is 4.94. The van der Waals surface area contributed by atoms with E-state index >= 15 is 0 Å². The van der Waals surface area contributed by atoms with E-state index in [0.29, 0.717) is 21.7 Å². The number of carbonyl (C=O) groups is 1. The first kappa shape index (κ1) is 13.4. The Hall–Kier alpha value is -2.26. The van der Waals surface area contributed by atoms with E-state index in [-0.39, 0.29) is 5.76 Å². The molecule has 1 aromatic heterocycles. The van der Waals surface area contributed by atoms with E-state index in [9.17, 15) is 9.90 Å². The number of rotatable bonds is 2. The minimum atomic E-state index is -1.08. The number of carboxylic acids is 1. The Labute approximate surface area is 132 Å². The minimum absolute atomic E-state index is 0.0493. The second kappa shape index (κ2) is 4.89. The summed E-state index contributed by atoms with van der Waals surface area (Å²) in [5.41, 5.74) is 4.41. The third-order valence-corrected chi connectivity index (χ3v) is 4.57. The summed E-state index contributed by atoms with van der Waals surface area (Å²) in [5, 5.41) is 10.8. The van der Waals surface area contributed by atoms with Gasteiger partial charge in [-0.2, -0.15) is 0 Å². The molecule has 1 heterocycles. The van der Waals surface area contributed by atoms with Gasteiger partial charge in [0.25, 0.3) is 0 Å². The first-order valence-electron chi connectivity index (χ1n) is 7.21. The Bertz CT molecular complexity index is 908. The molecule has 0 fully saturated rings. The zero-order valence-electron chi connectivity index (χ0n) is 11.7. The number of hydrogen-bond donors (Lipinski definition) is 1. The largest absolute Gasteiger partial charge is 0.475 e. The lowest BCUT2D eigenvalue weighted by molar-refractivity contribution is 0.0666. The molecule has 0 atom stereocenters. The van der Waals surface area contributed by atoms with Crippen molar-refractivity contribution in [3.8, 4) is 11.1 Å². The van der Waals surface area contributed by atoms with E-state index in [1.807, 2.05) is 24.3 Å². The molecule has 0 aliphatic heterocycles. The van der Waals surface area contributed by atoms with Crippen LogP contribution in [-0.4, -0.2) is 11.1 Å². The van der Waals surface area contributed by atoms with E-state index in [0.717, 1.165) is 24.6 Å². The molecule has 0 spiro atoms. The number of fused-ring (bicyclic) bond motifs is 2. The summed E-state index contributed by atoms with van der Waals surface area (Å²) >= 11 is 6.28. The van der Waals surface area contributed by atoms with E-state index in [1.54, 1.807) is 6.07 Å². The molecular formula is C18H13ClO3. The van der Waals surface area contributed by atoms with E-state index in [4.69, 9.17) is 16.0 Å². The molecule has 0 radical (unpaired) electrons. The van der Waals surface area contributed by atoms with Gasteiger partial charge in [0, 0.05) is 21.5 Å². The van der Waals surface area contributed by atoms with Crippen LogP contribution in [0.4, 0.5) is 0 Å². The molecule has 22 heavy (non-hydrogen) atoms. The van der Waals surface area contributed by atoms with Gasteiger partial charge < -0.3 is 9.52 Å². The lowest BCUT2D eigenvalue weighted by Crippen LogP contribution is -1.96. The van der Waals surface area contributed by atoms with Gasteiger partial charge in [0.15, 0.2) is 0 Å². The fraction of sp³-hybridized carbons (Fsp3) is 0.167. The number of furan rings is 1. The summed E-state index contributed by atoms with van der Waals surface area (Å²) < 4.78 is 5.64. The third kappa shape index (κ3) is 1.93. The smallest absolute Gasteiger partial charge is 0.372 e. The fourth-order valence-electron chi connectivity index (χ4n) is 3.25. The Morgan fingerprint density at radius 2 is 1.86 bits per heavy atom. The number of aryl methyl sites for hydroxylation is 2. The van der Waals surface area contributed by atoms with Crippen LogP contribution >= 0.6 is 11.6 Å². The van der Waals surface area contributed by atoms with Crippen LogP contribution in [0.2, 0.25) is 5.02 Å². The molecule has 4 rings (SSSR count). The molecule has 0 saturated carbocycles. The van der Waals surface area contributed by atoms with Gasteiger partial charge in [0.05, 0.1) is 0 Å². The molecular weight excluding hydrogens is 300 g/mol. The molecule has 2 aromatic carbocycles. The molecule has 1 aliphatic carbocycles. The molecule has 0 bridgehead atoms. The predicted molar refractivity (Wildman–Crippen MR) is 85.6 cm³/mol. The highest BCUT2D eigenvalue weighted by atomic mass is 35.5. The van der Waals surface area contributed by atoms with Crippen molar-refractivity contribution < 1.29 is 14.3 Å². The maximum atomic E-state index is 11.6. The summed E-state index contributed by atoms with van der Waals surface area (Å²) in [6.07, 6.45) is 3.19. The number of halogens is 1. The van der Waals surface area contributed by atoms with Gasteiger partial charge in [0.1, 0.15) is 5.58 Å². The summed E-state index contributed by atoms with van der Waals surface area (Å²) in [6.45, 7) is 0. The second-order valence-electron chi connectivity index (χ2n) is 5.56. The van der Waals surface area contributed by atoms with Crippen molar-refractivity contribution in [2.45, 2.75) is 19.3 Å². The van der Waals surface area contributed by atoms with Crippen LogP contribution in [0, 0.1) is 0 Å². The lowest BCUT2D eigenvalue weighted by Gasteiger charge is -2.04. The van der Waals surface area contributed by atoms with Crippen molar-refractivity contribution in [1.29, 1.82) is 0 Å². The third-order valence-electron chi connectivity index (χ3n) is 4.24. The number of carboxylic acid groups (broad SMARTS) is 1. The van der Waals surface area contributed by atoms with E-state index < -0.39 is 5.97 Å². The van der Waals surface area contributed by atoms with Crippen LogP contribution in [0.1, 0.15) is 28.1 Å². The average molecular weight is 313 g/mol. The van der Waals surface area contributed by atoms with Gasteiger partial charge in [-0.15, -0.1) is 0 Å². The summed E-state index contributed by atoms with van der Waals surface area (Å²) in [7, 11) is 0. The van der Waals surface area contributed by atoms with Crippen molar-refractivity contribution in [2.24, 2.45) is 0 Å². The summed E-state index contributed by atoms with van der Waals surface area (Å²) in [6, 6.07) is 11.3. The van der Waals surface area contributed by atoms with Crippen LogP contribution in [-0.2, 0) is 12.8 Å². The highest BCUT2D eigenvalue weighted by molar-refractivity contribution is 6.34. The van der Waals surface area contributed by atoms with Crippen LogP contribution in [0.25, 0.3) is 22.1 Å². The van der Waals surface area contributed by atoms with Crippen LogP contribution < -0.4 is 0 Å². The minimum Gasteiger partial charge on any atom is -0.475 e. The Morgan fingerprint density at radius 1 is 1.14 bits per heavy atom. The lowest BCUT2D eigenvalue weighted by atomic mass is 9.99. The Morgan fingerprint density at radius 3 is 2.59 bits per heavy atom. The molecule has 0 amide bonds. The molecule has 110 valence electrons. The maximum Gasteiger partial charge on any atom is 0.372 e. The zero-order chi connectivity index (χ0) is 15.3. The molecule has 4 heteroatoms. The topological polar surface area (TPSA) is 50.4 Å². The first-order chi connectivity index (χ1) is 10.6. The Kier molecular flexibility index (Phi) is 2.98. The molecule has 0 unspecified atom stereocenters. The summed E-state index contributed by atoms with van der Waals surface area (Å²) in [4.78, 5) is 11.6. The SMILES string of the molecule is O=C(O)c1oc2cc3c(cc2c1-c1ccccc1Cl)CCC3. The van der Waals surface area contributed by atoms with E-state index in [1.165, 1.54) is 11.1 Å². The zero-order valence-corrected chi connectivity index (χ0v) is 12.5. The van der Waals surface area contributed by atoms with Crippen molar-refractivity contribution in [1.82, 2.24) is 0 Å². The maximum absolute atomic E-state index is 11.6. The Balaban J connectivity index is 2.09. The fourth-order valence-corrected chi connectivity index (χ4v) is 3.48. The normalized spacial score (nSPS) is 13.5. The second-order valence-corrected chi connectivity index (χ2v) is 5.97. The standard InChI is InChI=1S/C18H13ClO3/c19-14-7-2-1-6-12(14)16-13-8-10-4-3-5-11(10)9-15(13)22-17(16)18(20)21/h1-2,6-9H,3-5H2,(H,20,21). The van der Waals surface area contributed by atoms with Crippen LogP contribution in [0.15, 0.2) is 40.8 Å². The van der Waals surface area contributed by atoms with Gasteiger partial charge in [0.2, 0.25) is 5.76 Å². The highest BCUT2D eigenvalue weighted by Crippen LogP contribution is 2.40. The quantitative estimate of drug-likeness (QED) is 0.729. The first-order valence-corrected chi connectivity index (χ1v) is 7.59. The summed E-state index contributed by atoms with van der Waals surface area (Å²) in [5.74, 6) is -1.13. The van der Waals surface area contributed by atoms with Gasteiger partial charge in [-0.1, -0.05) is 29.8 Å². The van der Waals surface area contributed by atoms with Gasteiger partial charge in [-0.3, -0.25) is 0 Å². The molecule has 1 aliphatic rings. The van der Waals surface area contributed by atoms with Gasteiger partial charge in [-0.25, -0.2) is 4.79 Å². The number of hydrogen-bond acceptors (Lipinski definition) is 2. The highest BCUT2D eigenvalue weighted by Gasteiger charge is 2.24.